The molecule has 1 aliphatic rings. The second-order valence-corrected chi connectivity index (χ2v) is 17.3. The van der Waals surface area contributed by atoms with Gasteiger partial charge >= 0.3 is 19.8 Å². The van der Waals surface area contributed by atoms with Gasteiger partial charge in [0, 0.05) is 12.8 Å². The lowest BCUT2D eigenvalue weighted by Crippen LogP contribution is -2.64. The van der Waals surface area contributed by atoms with E-state index in [-0.39, 0.29) is 12.8 Å². The van der Waals surface area contributed by atoms with Gasteiger partial charge in [0.25, 0.3) is 0 Å². The molecule has 0 radical (unpaired) electrons. The predicted octanol–water partition coefficient (Wildman–Crippen LogP) is 8.61. The molecule has 1 saturated carbocycles. The summed E-state index contributed by atoms with van der Waals surface area (Å²) < 4.78 is 33.5. The second kappa shape index (κ2) is 35.6. The topological polar surface area (TPSA) is 210 Å². The number of carbonyl (C=O) groups is 2. The Hall–Kier alpha value is -1.93. The van der Waals surface area contributed by atoms with Crippen LogP contribution in [0.2, 0.25) is 0 Å². The average molecular weight is 861 g/mol. The number of unbranched alkanes of at least 4 members (excludes halogenated alkanes) is 19. The van der Waals surface area contributed by atoms with E-state index in [4.69, 9.17) is 18.5 Å². The van der Waals surface area contributed by atoms with Gasteiger partial charge in [-0.25, -0.2) is 4.57 Å². The lowest BCUT2D eigenvalue weighted by atomic mass is 9.85. The quantitative estimate of drug-likeness (QED) is 0.0150. The van der Waals surface area contributed by atoms with E-state index in [0.29, 0.717) is 12.8 Å². The van der Waals surface area contributed by atoms with E-state index in [9.17, 15) is 44.6 Å². The SMILES string of the molecule is CCCCCC=CCC=CCCCCCCCC(=O)OC[C@H](COP(=O)(O)OC1C(O)C(O)C(O)[C@@H](O)C1O)OC(=O)CCCCCCCCCC=CCCCCCC. The number of rotatable bonds is 37. The van der Waals surface area contributed by atoms with Gasteiger partial charge in [0.2, 0.25) is 0 Å². The van der Waals surface area contributed by atoms with Crippen molar-refractivity contribution in [2.75, 3.05) is 13.2 Å². The number of carbonyl (C=O) groups excluding carboxylic acids is 2. The maximum absolute atomic E-state index is 12.8. The molecule has 0 aromatic carbocycles. The first-order chi connectivity index (χ1) is 28.4. The fourth-order valence-electron chi connectivity index (χ4n) is 6.72. The van der Waals surface area contributed by atoms with Crippen LogP contribution in [-0.4, -0.2) is 98.3 Å². The summed E-state index contributed by atoms with van der Waals surface area (Å²) in [6.45, 7) is 3.24. The molecule has 0 saturated heterocycles. The molecule has 0 heterocycles. The molecular weight excluding hydrogens is 779 g/mol. The van der Waals surface area contributed by atoms with Gasteiger partial charge in [-0.15, -0.1) is 0 Å². The van der Waals surface area contributed by atoms with Gasteiger partial charge in [0.15, 0.2) is 6.10 Å². The normalized spacial score (nSPS) is 22.6. The van der Waals surface area contributed by atoms with Crippen molar-refractivity contribution in [2.45, 2.75) is 224 Å². The van der Waals surface area contributed by atoms with Gasteiger partial charge in [-0.3, -0.25) is 18.6 Å². The predicted molar refractivity (Wildman–Crippen MR) is 230 cm³/mol. The minimum absolute atomic E-state index is 0.0886. The Morgan fingerprint density at radius 1 is 0.525 bits per heavy atom. The molecule has 14 heteroatoms. The van der Waals surface area contributed by atoms with Crippen molar-refractivity contribution in [3.63, 3.8) is 0 Å². The number of ether oxygens (including phenoxy) is 2. The minimum atomic E-state index is -5.12. The number of aliphatic hydroxyl groups is 5. The number of phosphoric ester groups is 1. The fraction of sp³-hybridized carbons (Fsp3) is 0.822. The summed E-state index contributed by atoms with van der Waals surface area (Å²) in [5, 5.41) is 50.1. The summed E-state index contributed by atoms with van der Waals surface area (Å²) in [4.78, 5) is 35.7. The Kier molecular flexibility index (Phi) is 33.3. The summed E-state index contributed by atoms with van der Waals surface area (Å²) >= 11 is 0. The highest BCUT2D eigenvalue weighted by Crippen LogP contribution is 2.47. The van der Waals surface area contributed by atoms with Crippen LogP contribution in [0.4, 0.5) is 0 Å². The Morgan fingerprint density at radius 3 is 1.42 bits per heavy atom. The van der Waals surface area contributed by atoms with E-state index in [1.54, 1.807) is 0 Å². The standard InChI is InChI=1S/C45H81O13P/c1-3-5-7-9-11-13-15-17-19-21-23-25-27-29-31-33-38(46)55-35-37(36-56-59(53,54)58-45-43(51)41(49)40(48)42(50)44(45)52)57-39(47)34-32-30-28-26-24-22-20-18-16-14-12-10-8-6-4-2/h11,13-14,16-17,19,37,40-45,48-52H,3-10,12,15,18,20-36H2,1-2H3,(H,53,54)/t37-,40?,41-,42?,43?,44?,45?/m1/s1. The number of aliphatic hydroxyl groups excluding tert-OH is 5. The highest BCUT2D eigenvalue weighted by molar-refractivity contribution is 7.47. The van der Waals surface area contributed by atoms with E-state index in [0.717, 1.165) is 83.5 Å². The molecule has 1 rings (SSSR count). The third kappa shape index (κ3) is 28.3. The fourth-order valence-corrected chi connectivity index (χ4v) is 7.70. The monoisotopic (exact) mass is 861 g/mol. The van der Waals surface area contributed by atoms with Gasteiger partial charge < -0.3 is 39.9 Å². The molecular formula is C45H81O13P. The van der Waals surface area contributed by atoms with Crippen LogP contribution < -0.4 is 0 Å². The second-order valence-electron chi connectivity index (χ2n) is 15.9. The highest BCUT2D eigenvalue weighted by Gasteiger charge is 2.51. The van der Waals surface area contributed by atoms with E-state index in [1.165, 1.54) is 57.8 Å². The van der Waals surface area contributed by atoms with Crippen LogP contribution >= 0.6 is 7.82 Å². The Balaban J connectivity index is 2.48. The lowest BCUT2D eigenvalue weighted by molar-refractivity contribution is -0.220. The molecule has 0 bridgehead atoms. The molecule has 344 valence electrons. The number of allylic oxidation sites excluding steroid dienone is 6. The Bertz CT molecular complexity index is 1180. The van der Waals surface area contributed by atoms with Gasteiger partial charge in [-0.1, -0.05) is 134 Å². The van der Waals surface area contributed by atoms with Crippen molar-refractivity contribution in [1.29, 1.82) is 0 Å². The molecule has 0 aromatic rings. The first-order valence-corrected chi connectivity index (χ1v) is 24.3. The molecule has 6 N–H and O–H groups in total. The van der Waals surface area contributed by atoms with Gasteiger partial charge in [-0.2, -0.15) is 0 Å². The third-order valence-electron chi connectivity index (χ3n) is 10.5. The van der Waals surface area contributed by atoms with Crippen LogP contribution in [-0.2, 0) is 32.7 Å². The minimum Gasteiger partial charge on any atom is -0.462 e. The molecule has 0 spiro atoms. The van der Waals surface area contributed by atoms with Gasteiger partial charge in [0.1, 0.15) is 43.2 Å². The van der Waals surface area contributed by atoms with Crippen LogP contribution in [0.5, 0.6) is 0 Å². The summed E-state index contributed by atoms with van der Waals surface area (Å²) in [5.74, 6) is -1.12. The van der Waals surface area contributed by atoms with Crippen LogP contribution in [0.25, 0.3) is 0 Å². The summed E-state index contributed by atoms with van der Waals surface area (Å²) in [6.07, 6.45) is 26.2. The smallest absolute Gasteiger partial charge is 0.462 e. The number of hydrogen-bond donors (Lipinski definition) is 6. The maximum atomic E-state index is 12.8. The van der Waals surface area contributed by atoms with E-state index < -0.39 is 75.7 Å². The highest BCUT2D eigenvalue weighted by atomic mass is 31.2. The van der Waals surface area contributed by atoms with Crippen molar-refractivity contribution in [3.05, 3.63) is 36.5 Å². The largest absolute Gasteiger partial charge is 0.472 e. The molecule has 6 unspecified atom stereocenters. The van der Waals surface area contributed by atoms with E-state index in [1.807, 2.05) is 0 Å². The van der Waals surface area contributed by atoms with Crippen molar-refractivity contribution in [1.82, 2.24) is 0 Å². The Morgan fingerprint density at radius 2 is 0.915 bits per heavy atom. The van der Waals surface area contributed by atoms with Crippen molar-refractivity contribution >= 4 is 19.8 Å². The molecule has 0 aliphatic heterocycles. The molecule has 1 aliphatic carbocycles. The zero-order valence-electron chi connectivity index (χ0n) is 36.3. The van der Waals surface area contributed by atoms with Crippen molar-refractivity contribution in [2.24, 2.45) is 0 Å². The van der Waals surface area contributed by atoms with Gasteiger partial charge in [-0.05, 0) is 70.6 Å². The van der Waals surface area contributed by atoms with Crippen molar-refractivity contribution < 1.29 is 63.1 Å². The maximum Gasteiger partial charge on any atom is 0.472 e. The molecule has 0 amide bonds. The Labute approximate surface area is 355 Å². The van der Waals surface area contributed by atoms with Crippen LogP contribution in [0, 0.1) is 0 Å². The summed E-state index contributed by atoms with van der Waals surface area (Å²) in [6, 6.07) is 0. The van der Waals surface area contributed by atoms with E-state index >= 15 is 0 Å². The molecule has 13 nitrogen and oxygen atoms in total. The first kappa shape index (κ1) is 55.1. The molecule has 59 heavy (non-hydrogen) atoms. The lowest BCUT2D eigenvalue weighted by Gasteiger charge is -2.41. The molecule has 1 fully saturated rings. The summed E-state index contributed by atoms with van der Waals surface area (Å²) in [7, 11) is -5.12. The van der Waals surface area contributed by atoms with Crippen LogP contribution in [0.3, 0.4) is 0 Å². The first-order valence-electron chi connectivity index (χ1n) is 22.8. The van der Waals surface area contributed by atoms with Crippen molar-refractivity contribution in [3.8, 4) is 0 Å². The zero-order valence-corrected chi connectivity index (χ0v) is 37.2. The zero-order chi connectivity index (χ0) is 43.6. The number of esters is 2. The average Bonchev–Trinajstić information content (AvgIpc) is 3.21. The van der Waals surface area contributed by atoms with Crippen LogP contribution in [0.1, 0.15) is 181 Å². The summed E-state index contributed by atoms with van der Waals surface area (Å²) in [5.41, 5.74) is 0. The number of hydrogen-bond acceptors (Lipinski definition) is 12. The third-order valence-corrected chi connectivity index (χ3v) is 11.4. The molecule has 0 aromatic heterocycles. The van der Waals surface area contributed by atoms with Crippen LogP contribution in [0.15, 0.2) is 36.5 Å². The van der Waals surface area contributed by atoms with E-state index in [2.05, 4.69) is 50.3 Å². The number of phosphoric acid groups is 1. The van der Waals surface area contributed by atoms with Gasteiger partial charge in [0.05, 0.1) is 6.61 Å². The molecule has 8 atom stereocenters.